The molecule has 2 fully saturated rings. The van der Waals surface area contributed by atoms with E-state index in [1.54, 1.807) is 82.9 Å². The van der Waals surface area contributed by atoms with Crippen LogP contribution in [0, 0.1) is 31.6 Å². The van der Waals surface area contributed by atoms with Gasteiger partial charge in [0.25, 0.3) is 20.0 Å². The SMILES string of the molecule is Cc1ccc(S(=O)(=O)n2ccc3c2ncc2ncc(C4CN(C(=O)OCc5ccccc5)C[C@H]4C)n23)cc1.Cc1ccc(S(=O)(=O)n2ccc3nc(NCC(=O)C4CN(C(=O)OCc5ccccc5)C[C@H]4C)cnc32)cc1. The van der Waals surface area contributed by atoms with Crippen molar-refractivity contribution in [2.75, 3.05) is 38.0 Å². The molecule has 77 heavy (non-hydrogen) atoms. The zero-order valence-corrected chi connectivity index (χ0v) is 44.3. The Hall–Kier alpha value is -8.43. The van der Waals surface area contributed by atoms with E-state index in [1.165, 1.54) is 22.6 Å². The third-order valence-corrected chi connectivity index (χ3v) is 17.4. The second kappa shape index (κ2) is 21.7. The molecule has 2 aliphatic heterocycles. The van der Waals surface area contributed by atoms with Crippen molar-refractivity contribution in [1.82, 2.24) is 42.1 Å². The van der Waals surface area contributed by atoms with E-state index in [1.807, 2.05) is 85.8 Å². The summed E-state index contributed by atoms with van der Waals surface area (Å²) in [7, 11) is -7.66. The Balaban J connectivity index is 0.000000175. The monoisotopic (exact) mass is 1080 g/mol. The Morgan fingerprint density at radius 2 is 1.13 bits per heavy atom. The largest absolute Gasteiger partial charge is 0.445 e. The van der Waals surface area contributed by atoms with Gasteiger partial charge in [0.1, 0.15) is 24.5 Å². The molecule has 2 saturated heterocycles. The smallest absolute Gasteiger partial charge is 0.410 e. The molecule has 5 aromatic heterocycles. The number of fused-ring (bicyclic) bond motifs is 4. The van der Waals surface area contributed by atoms with Crippen molar-refractivity contribution in [2.24, 2.45) is 17.8 Å². The molecule has 9 aromatic rings. The molecule has 4 aromatic carbocycles. The Bertz CT molecular complexity index is 3850. The number of ketones is 1. The van der Waals surface area contributed by atoms with Crippen LogP contribution in [0.15, 0.2) is 162 Å². The maximum absolute atomic E-state index is 13.4. The van der Waals surface area contributed by atoms with Crippen LogP contribution >= 0.6 is 0 Å². The molecule has 21 heteroatoms. The van der Waals surface area contributed by atoms with Gasteiger partial charge in [-0.05, 0) is 73.2 Å². The van der Waals surface area contributed by atoms with Gasteiger partial charge in [-0.15, -0.1) is 0 Å². The summed E-state index contributed by atoms with van der Waals surface area (Å²) in [6.07, 6.45) is 6.94. The standard InChI is InChI=1S/C28H29N5O5S.C28H27N5O4S/c1-19-8-10-22(11-9-19)39(36,37)33-13-12-24-27(33)30-15-26(31-24)29-14-25(34)23-17-32(16-20(23)2)28(35)38-18-21-6-4-3-5-7-21;1-19-8-10-22(11-9-19)38(35,36)32-13-12-24-27(32)30-15-26-29-14-25(33(24)26)23-17-31(16-20(23)2)28(34)37-18-21-6-4-3-5-7-21/h3-13,15,20,23H,14,16-18H2,1-2H3,(H,29,31);3-15,20,23H,16-18H2,1-2H3/t2*20-,23?/m11/s1. The predicted molar refractivity (Wildman–Crippen MR) is 288 cm³/mol. The van der Waals surface area contributed by atoms with Gasteiger partial charge >= 0.3 is 12.2 Å². The molecule has 0 radical (unpaired) electrons. The number of aromatic nitrogens is 7. The van der Waals surface area contributed by atoms with Crippen molar-refractivity contribution in [1.29, 1.82) is 0 Å². The predicted octanol–water partition coefficient (Wildman–Crippen LogP) is 8.46. The Kier molecular flexibility index (Phi) is 14.6. The van der Waals surface area contributed by atoms with Gasteiger partial charge in [0.05, 0.1) is 34.2 Å². The van der Waals surface area contributed by atoms with Gasteiger partial charge in [-0.1, -0.05) is 110 Å². The zero-order valence-electron chi connectivity index (χ0n) is 42.7. The third kappa shape index (κ3) is 10.9. The highest BCUT2D eigenvalue weighted by Crippen LogP contribution is 2.35. The minimum absolute atomic E-state index is 0.00284. The lowest BCUT2D eigenvalue weighted by Crippen LogP contribution is -2.31. The molecular weight excluding hydrogens is 1020 g/mol. The maximum Gasteiger partial charge on any atom is 0.410 e. The maximum atomic E-state index is 13.4. The molecule has 0 bridgehead atoms. The highest BCUT2D eigenvalue weighted by molar-refractivity contribution is 7.90. The first kappa shape index (κ1) is 52.0. The molecule has 4 atom stereocenters. The van der Waals surface area contributed by atoms with Crippen molar-refractivity contribution in [3.63, 3.8) is 0 Å². The summed E-state index contributed by atoms with van der Waals surface area (Å²) < 4.78 is 68.2. The van der Waals surface area contributed by atoms with E-state index in [4.69, 9.17) is 9.47 Å². The van der Waals surface area contributed by atoms with Crippen LogP contribution in [0.25, 0.3) is 28.0 Å². The number of Topliss-reactive ketones (excluding diaryl/α,β-unsaturated/α-hetero) is 1. The van der Waals surface area contributed by atoms with E-state index >= 15 is 0 Å². The molecule has 19 nitrogen and oxygen atoms in total. The van der Waals surface area contributed by atoms with Crippen LogP contribution < -0.4 is 5.32 Å². The number of ether oxygens (including phenoxy) is 2. The highest BCUT2D eigenvalue weighted by Gasteiger charge is 2.38. The summed E-state index contributed by atoms with van der Waals surface area (Å²) in [6.45, 7) is 10.0. The van der Waals surface area contributed by atoms with Gasteiger partial charge in [-0.3, -0.25) is 9.20 Å². The summed E-state index contributed by atoms with van der Waals surface area (Å²) in [6, 6.07) is 35.7. The molecule has 0 spiro atoms. The Morgan fingerprint density at radius 1 is 0.597 bits per heavy atom. The van der Waals surface area contributed by atoms with Crippen molar-refractivity contribution < 1.29 is 40.7 Å². The highest BCUT2D eigenvalue weighted by atomic mass is 32.2. The van der Waals surface area contributed by atoms with E-state index in [0.717, 1.165) is 31.9 Å². The fourth-order valence-corrected chi connectivity index (χ4v) is 12.4. The van der Waals surface area contributed by atoms with Crippen LogP contribution in [0.1, 0.15) is 47.7 Å². The van der Waals surface area contributed by atoms with Crippen LogP contribution in [0.5, 0.6) is 0 Å². The van der Waals surface area contributed by atoms with Crippen LogP contribution in [0.4, 0.5) is 15.4 Å². The molecule has 7 heterocycles. The zero-order chi connectivity index (χ0) is 54.0. The number of aryl methyl sites for hydroxylation is 2. The minimum Gasteiger partial charge on any atom is -0.445 e. The number of imidazole rings is 1. The summed E-state index contributed by atoms with van der Waals surface area (Å²) in [5, 5.41) is 2.99. The fraction of sp³-hybridized carbons (Fsp3) is 0.268. The van der Waals surface area contributed by atoms with Crippen LogP contribution in [0.2, 0.25) is 0 Å². The quantitative estimate of drug-likeness (QED) is 0.114. The van der Waals surface area contributed by atoms with E-state index in [-0.39, 0.29) is 70.7 Å². The van der Waals surface area contributed by atoms with Crippen molar-refractivity contribution in [3.8, 4) is 0 Å². The molecule has 2 aliphatic rings. The first-order valence-corrected chi connectivity index (χ1v) is 27.9. The summed E-state index contributed by atoms with van der Waals surface area (Å²) in [4.78, 5) is 59.7. The topological polar surface area (TPSA) is 222 Å². The van der Waals surface area contributed by atoms with Gasteiger partial charge in [0, 0.05) is 62.3 Å². The molecule has 11 rings (SSSR count). The summed E-state index contributed by atoms with van der Waals surface area (Å²) in [5.74, 6) is 0.100. The summed E-state index contributed by atoms with van der Waals surface area (Å²) >= 11 is 0. The van der Waals surface area contributed by atoms with E-state index in [2.05, 4.69) is 32.2 Å². The first-order valence-electron chi connectivity index (χ1n) is 25.0. The van der Waals surface area contributed by atoms with E-state index < -0.39 is 26.1 Å². The molecule has 2 amide bonds. The number of nitrogens with one attached hydrogen (secondary N) is 1. The number of carbonyl (C=O) groups excluding carboxylic acids is 3. The number of carbonyl (C=O) groups is 3. The lowest BCUT2D eigenvalue weighted by atomic mass is 9.93. The number of benzene rings is 4. The van der Waals surface area contributed by atoms with Crippen LogP contribution in [-0.2, 0) is 47.5 Å². The van der Waals surface area contributed by atoms with Crippen LogP contribution in [0.3, 0.4) is 0 Å². The lowest BCUT2D eigenvalue weighted by molar-refractivity contribution is -0.121. The Morgan fingerprint density at radius 3 is 1.73 bits per heavy atom. The Labute approximate surface area is 445 Å². The second-order valence-corrected chi connectivity index (χ2v) is 23.2. The number of hydrogen-bond acceptors (Lipinski definition) is 14. The van der Waals surface area contributed by atoms with Crippen molar-refractivity contribution in [2.45, 2.75) is 56.6 Å². The van der Waals surface area contributed by atoms with E-state index in [9.17, 15) is 31.2 Å². The molecular formula is C56H56N10O9S2. The average molecular weight is 1080 g/mol. The fourth-order valence-electron chi connectivity index (χ4n) is 9.78. The second-order valence-electron chi connectivity index (χ2n) is 19.5. The van der Waals surface area contributed by atoms with Gasteiger partial charge in [-0.25, -0.2) is 54.3 Å². The van der Waals surface area contributed by atoms with Gasteiger partial charge < -0.3 is 24.6 Å². The van der Waals surface area contributed by atoms with Crippen molar-refractivity contribution >= 4 is 71.8 Å². The molecule has 1 N–H and O–H groups in total. The molecule has 0 aliphatic carbocycles. The van der Waals surface area contributed by atoms with E-state index in [0.29, 0.717) is 54.3 Å². The molecule has 0 saturated carbocycles. The number of likely N-dealkylation sites (tertiary alicyclic amines) is 2. The number of rotatable bonds is 13. The van der Waals surface area contributed by atoms with Crippen molar-refractivity contribution in [3.05, 3.63) is 180 Å². The first-order chi connectivity index (χ1) is 37.0. The van der Waals surface area contributed by atoms with Gasteiger partial charge in [0.2, 0.25) is 0 Å². The third-order valence-electron chi connectivity index (χ3n) is 14.1. The molecule has 396 valence electrons. The lowest BCUT2D eigenvalue weighted by Gasteiger charge is -2.16. The number of nitrogens with zero attached hydrogens (tertiary/aromatic N) is 9. The molecule has 2 unspecified atom stereocenters. The number of hydrogen-bond donors (Lipinski definition) is 1. The number of anilines is 1. The van der Waals surface area contributed by atoms with Gasteiger partial charge in [-0.2, -0.15) is 0 Å². The average Bonchev–Trinajstić information content (AvgIpc) is 4.40. The summed E-state index contributed by atoms with van der Waals surface area (Å²) in [5.41, 5.74) is 6.84. The van der Waals surface area contributed by atoms with Crippen LogP contribution in [-0.4, -0.2) is 110 Å². The number of amides is 2. The van der Waals surface area contributed by atoms with Gasteiger partial charge in [0.15, 0.2) is 22.7 Å². The minimum atomic E-state index is -3.83. The normalized spacial score (nSPS) is 17.6.